The molecule has 2 N–H and O–H groups in total. The molecule has 0 saturated heterocycles. The first kappa shape index (κ1) is 14.1. The van der Waals surface area contributed by atoms with E-state index in [1.165, 1.54) is 0 Å². The lowest BCUT2D eigenvalue weighted by Crippen LogP contribution is -2.20. The second kappa shape index (κ2) is 5.36. The highest BCUT2D eigenvalue weighted by Crippen LogP contribution is 2.20. The van der Waals surface area contributed by atoms with E-state index in [-0.39, 0.29) is 6.03 Å². The first-order chi connectivity index (χ1) is 9.38. The van der Waals surface area contributed by atoms with Crippen molar-refractivity contribution in [3.05, 3.63) is 40.7 Å². The molecule has 1 heterocycles. The van der Waals surface area contributed by atoms with Crippen LogP contribution in [0.3, 0.4) is 0 Å². The normalized spacial score (nSPS) is 10.4. The van der Waals surface area contributed by atoms with Crippen molar-refractivity contribution in [2.24, 2.45) is 7.05 Å². The minimum atomic E-state index is -0.252. The van der Waals surface area contributed by atoms with Crippen molar-refractivity contribution < 1.29 is 4.79 Å². The lowest BCUT2D eigenvalue weighted by Gasteiger charge is -2.11. The molecule has 0 radical (unpaired) electrons. The van der Waals surface area contributed by atoms with E-state index in [4.69, 9.17) is 0 Å². The van der Waals surface area contributed by atoms with Gasteiger partial charge < -0.3 is 10.6 Å². The molecular formula is C15H20N4O. The summed E-state index contributed by atoms with van der Waals surface area (Å²) < 4.78 is 1.75. The van der Waals surface area contributed by atoms with Crippen LogP contribution in [0.25, 0.3) is 0 Å². The number of carbonyl (C=O) groups is 1. The molecule has 0 saturated carbocycles. The van der Waals surface area contributed by atoms with Crippen LogP contribution in [0.5, 0.6) is 0 Å². The second-order valence-electron chi connectivity index (χ2n) is 5.07. The quantitative estimate of drug-likeness (QED) is 0.881. The number of hydrogen-bond donors (Lipinski definition) is 2. The Balaban J connectivity index is 2.15. The molecule has 0 bridgehead atoms. The molecule has 5 nitrogen and oxygen atoms in total. The van der Waals surface area contributed by atoms with Crippen molar-refractivity contribution in [2.45, 2.75) is 27.7 Å². The van der Waals surface area contributed by atoms with Gasteiger partial charge in [0.2, 0.25) is 0 Å². The van der Waals surface area contributed by atoms with E-state index in [1.54, 1.807) is 4.68 Å². The highest BCUT2D eigenvalue weighted by Gasteiger charge is 2.12. The summed E-state index contributed by atoms with van der Waals surface area (Å²) >= 11 is 0. The van der Waals surface area contributed by atoms with Crippen LogP contribution in [0.4, 0.5) is 16.2 Å². The SMILES string of the molecule is Cc1ccc(C)c(NC(=O)Nc2c(C)nn(C)c2C)c1. The second-order valence-corrected chi connectivity index (χ2v) is 5.07. The molecule has 106 valence electrons. The third-order valence-electron chi connectivity index (χ3n) is 3.39. The van der Waals surface area contributed by atoms with E-state index in [9.17, 15) is 4.79 Å². The number of hydrogen-bond acceptors (Lipinski definition) is 2. The Hall–Kier alpha value is -2.30. The van der Waals surface area contributed by atoms with Gasteiger partial charge in [0.1, 0.15) is 0 Å². The Labute approximate surface area is 119 Å². The van der Waals surface area contributed by atoms with Crippen molar-refractivity contribution in [1.82, 2.24) is 9.78 Å². The fourth-order valence-electron chi connectivity index (χ4n) is 2.09. The van der Waals surface area contributed by atoms with Gasteiger partial charge in [0.15, 0.2) is 0 Å². The predicted molar refractivity (Wildman–Crippen MR) is 81.2 cm³/mol. The van der Waals surface area contributed by atoms with E-state index in [0.29, 0.717) is 0 Å². The summed E-state index contributed by atoms with van der Waals surface area (Å²) in [5.41, 5.74) is 5.46. The van der Waals surface area contributed by atoms with E-state index in [1.807, 2.05) is 52.9 Å². The largest absolute Gasteiger partial charge is 0.323 e. The van der Waals surface area contributed by atoms with Gasteiger partial charge in [-0.1, -0.05) is 12.1 Å². The number of aromatic nitrogens is 2. The first-order valence-corrected chi connectivity index (χ1v) is 6.54. The van der Waals surface area contributed by atoms with Gasteiger partial charge in [0.05, 0.1) is 17.1 Å². The average molecular weight is 272 g/mol. The summed E-state index contributed by atoms with van der Waals surface area (Å²) in [5, 5.41) is 10.0. The topological polar surface area (TPSA) is 59.0 Å². The molecule has 20 heavy (non-hydrogen) atoms. The number of benzene rings is 1. The van der Waals surface area contributed by atoms with Crippen LogP contribution in [0.2, 0.25) is 0 Å². The number of carbonyl (C=O) groups excluding carboxylic acids is 1. The summed E-state index contributed by atoms with van der Waals surface area (Å²) in [6, 6.07) is 5.72. The summed E-state index contributed by atoms with van der Waals surface area (Å²) in [7, 11) is 1.86. The highest BCUT2D eigenvalue weighted by atomic mass is 16.2. The number of rotatable bonds is 2. The zero-order chi connectivity index (χ0) is 14.9. The van der Waals surface area contributed by atoms with Crippen LogP contribution in [0.1, 0.15) is 22.5 Å². The van der Waals surface area contributed by atoms with Crippen molar-refractivity contribution in [2.75, 3.05) is 10.6 Å². The summed E-state index contributed by atoms with van der Waals surface area (Å²) in [6.45, 7) is 7.77. The fourth-order valence-corrected chi connectivity index (χ4v) is 2.09. The minimum Gasteiger partial charge on any atom is -0.307 e. The Morgan fingerprint density at radius 3 is 2.45 bits per heavy atom. The van der Waals surface area contributed by atoms with Gasteiger partial charge >= 0.3 is 6.03 Å². The molecule has 2 amide bonds. The number of amides is 2. The van der Waals surface area contributed by atoms with Crippen molar-refractivity contribution >= 4 is 17.4 Å². The summed E-state index contributed by atoms with van der Waals surface area (Å²) in [5.74, 6) is 0. The molecule has 0 atom stereocenters. The molecular weight excluding hydrogens is 252 g/mol. The molecule has 0 fully saturated rings. The van der Waals surface area contributed by atoms with Gasteiger partial charge in [-0.2, -0.15) is 5.10 Å². The average Bonchev–Trinajstić information content (AvgIpc) is 2.61. The lowest BCUT2D eigenvalue weighted by atomic mass is 10.1. The third-order valence-corrected chi connectivity index (χ3v) is 3.39. The molecule has 0 unspecified atom stereocenters. The molecule has 0 spiro atoms. The highest BCUT2D eigenvalue weighted by molar-refractivity contribution is 6.00. The zero-order valence-electron chi connectivity index (χ0n) is 12.5. The maximum Gasteiger partial charge on any atom is 0.323 e. The van der Waals surface area contributed by atoms with Crippen LogP contribution < -0.4 is 10.6 Å². The number of nitrogens with one attached hydrogen (secondary N) is 2. The van der Waals surface area contributed by atoms with Gasteiger partial charge in [-0.25, -0.2) is 4.79 Å². The maximum atomic E-state index is 12.1. The molecule has 0 aliphatic carbocycles. The van der Waals surface area contributed by atoms with Crippen molar-refractivity contribution in [1.29, 1.82) is 0 Å². The molecule has 2 aromatic rings. The molecule has 2 rings (SSSR count). The van der Waals surface area contributed by atoms with E-state index in [0.717, 1.165) is 33.9 Å². The van der Waals surface area contributed by atoms with Gasteiger partial charge in [0, 0.05) is 12.7 Å². The summed E-state index contributed by atoms with van der Waals surface area (Å²) in [6.07, 6.45) is 0. The predicted octanol–water partition coefficient (Wildman–Crippen LogP) is 3.30. The number of aryl methyl sites for hydroxylation is 4. The van der Waals surface area contributed by atoms with E-state index < -0.39 is 0 Å². The zero-order valence-corrected chi connectivity index (χ0v) is 12.5. The van der Waals surface area contributed by atoms with E-state index >= 15 is 0 Å². The summed E-state index contributed by atoms with van der Waals surface area (Å²) in [4.78, 5) is 12.1. The Bertz CT molecular complexity index is 658. The Morgan fingerprint density at radius 2 is 1.85 bits per heavy atom. The fraction of sp³-hybridized carbons (Fsp3) is 0.333. The number of urea groups is 1. The van der Waals surface area contributed by atoms with Crippen LogP contribution in [0, 0.1) is 27.7 Å². The lowest BCUT2D eigenvalue weighted by molar-refractivity contribution is 0.262. The molecule has 0 aliphatic rings. The van der Waals surface area contributed by atoms with Crippen LogP contribution >= 0.6 is 0 Å². The van der Waals surface area contributed by atoms with Crippen LogP contribution in [0.15, 0.2) is 18.2 Å². The van der Waals surface area contributed by atoms with Crippen LogP contribution in [-0.2, 0) is 7.05 Å². The number of anilines is 2. The maximum absolute atomic E-state index is 12.1. The molecule has 5 heteroatoms. The Morgan fingerprint density at radius 1 is 1.15 bits per heavy atom. The van der Waals surface area contributed by atoms with Gasteiger partial charge in [0.25, 0.3) is 0 Å². The van der Waals surface area contributed by atoms with Crippen LogP contribution in [-0.4, -0.2) is 15.8 Å². The third kappa shape index (κ3) is 2.82. The molecule has 0 aliphatic heterocycles. The van der Waals surface area contributed by atoms with Gasteiger partial charge in [-0.3, -0.25) is 4.68 Å². The molecule has 1 aromatic heterocycles. The van der Waals surface area contributed by atoms with Crippen molar-refractivity contribution in [3.63, 3.8) is 0 Å². The standard InChI is InChI=1S/C15H20N4O/c1-9-6-7-10(2)13(8-9)16-15(20)17-14-11(3)18-19(5)12(14)4/h6-8H,1-5H3,(H2,16,17,20). The Kier molecular flexibility index (Phi) is 3.79. The monoisotopic (exact) mass is 272 g/mol. The smallest absolute Gasteiger partial charge is 0.307 e. The minimum absolute atomic E-state index is 0.252. The van der Waals surface area contributed by atoms with Gasteiger partial charge in [-0.15, -0.1) is 0 Å². The number of nitrogens with zero attached hydrogens (tertiary/aromatic N) is 2. The van der Waals surface area contributed by atoms with Gasteiger partial charge in [-0.05, 0) is 44.9 Å². The molecule has 1 aromatic carbocycles. The van der Waals surface area contributed by atoms with Crippen molar-refractivity contribution in [3.8, 4) is 0 Å². The van der Waals surface area contributed by atoms with E-state index in [2.05, 4.69) is 15.7 Å². The first-order valence-electron chi connectivity index (χ1n) is 6.54.